The van der Waals surface area contributed by atoms with Gasteiger partial charge in [0, 0.05) is 18.1 Å². The van der Waals surface area contributed by atoms with Gasteiger partial charge in [-0.15, -0.1) is 0 Å². The molecule has 3 aromatic carbocycles. The van der Waals surface area contributed by atoms with E-state index in [2.05, 4.69) is 0 Å². The lowest BCUT2D eigenvalue weighted by Crippen LogP contribution is -2.42. The third-order valence-corrected chi connectivity index (χ3v) is 9.42. The molecule has 38 heavy (non-hydrogen) atoms. The minimum absolute atomic E-state index is 0.0241. The van der Waals surface area contributed by atoms with E-state index in [0.717, 1.165) is 0 Å². The molecule has 9 nitrogen and oxygen atoms in total. The van der Waals surface area contributed by atoms with E-state index in [1.807, 2.05) is 0 Å². The predicted octanol–water partition coefficient (Wildman–Crippen LogP) is 3.60. The highest BCUT2D eigenvalue weighted by molar-refractivity contribution is 7.92. The number of aliphatic hydroxyl groups excluding tert-OH is 1. The summed E-state index contributed by atoms with van der Waals surface area (Å²) in [6, 6.07) is 21.4. The lowest BCUT2D eigenvalue weighted by Gasteiger charge is -2.32. The van der Waals surface area contributed by atoms with Crippen LogP contribution in [-0.2, 0) is 24.2 Å². The Balaban J connectivity index is 1.63. The number of aliphatic hydroxyl groups is 1. The Hall–Kier alpha value is -3.44. The van der Waals surface area contributed by atoms with Crippen LogP contribution in [-0.4, -0.2) is 54.3 Å². The number of hydrogen-bond acceptors (Lipinski definition) is 7. The van der Waals surface area contributed by atoms with Crippen molar-refractivity contribution >= 4 is 33.3 Å². The molecule has 1 heterocycles. The molecule has 0 bridgehead atoms. The second kappa shape index (κ2) is 11.5. The van der Waals surface area contributed by atoms with Crippen LogP contribution in [0.15, 0.2) is 78.9 Å². The Bertz CT molecular complexity index is 1380. The lowest BCUT2D eigenvalue weighted by atomic mass is 9.90. The van der Waals surface area contributed by atoms with Crippen LogP contribution < -0.4 is 10.2 Å². The first-order chi connectivity index (χ1) is 18.1. The van der Waals surface area contributed by atoms with Crippen molar-refractivity contribution < 1.29 is 33.1 Å². The van der Waals surface area contributed by atoms with Crippen LogP contribution in [0.2, 0.25) is 5.02 Å². The maximum atomic E-state index is 13.7. The smallest absolute Gasteiger partial charge is 0.256 e. The van der Waals surface area contributed by atoms with E-state index < -0.39 is 44.7 Å². The van der Waals surface area contributed by atoms with Gasteiger partial charge in [0.1, 0.15) is 16.2 Å². The number of nitrogens with one attached hydrogen (secondary N) is 1. The fourth-order valence-electron chi connectivity index (χ4n) is 4.57. The first kappa shape index (κ1) is 27.6. The molecule has 200 valence electrons. The van der Waals surface area contributed by atoms with Gasteiger partial charge in [-0.1, -0.05) is 54.1 Å². The van der Waals surface area contributed by atoms with E-state index in [4.69, 9.17) is 16.3 Å². The third kappa shape index (κ3) is 5.83. The van der Waals surface area contributed by atoms with Gasteiger partial charge < -0.3 is 14.7 Å². The van der Waals surface area contributed by atoms with Gasteiger partial charge in [-0.25, -0.2) is 13.9 Å². The highest BCUT2D eigenvalue weighted by Crippen LogP contribution is 2.41. The van der Waals surface area contributed by atoms with Crippen molar-refractivity contribution in [1.82, 2.24) is 10.4 Å². The van der Waals surface area contributed by atoms with E-state index in [1.165, 1.54) is 10.4 Å². The summed E-state index contributed by atoms with van der Waals surface area (Å²) in [5, 5.41) is 20.4. The van der Waals surface area contributed by atoms with Crippen LogP contribution in [0.5, 0.6) is 11.5 Å². The summed E-state index contributed by atoms with van der Waals surface area (Å²) >= 11 is 5.91. The summed E-state index contributed by atoms with van der Waals surface area (Å²) in [4.78, 5) is 26.7. The quantitative estimate of drug-likeness (QED) is 0.298. The number of benzene rings is 3. The van der Waals surface area contributed by atoms with Crippen LogP contribution in [0.25, 0.3) is 0 Å². The molecule has 1 saturated heterocycles. The number of hydrogen-bond donors (Lipinski definition) is 3. The SMILES string of the molecule is O=C(CC1(c2ccc(Oc3ccc(Cl)cc3)cc2)CCN(C(=O)[C@@H](O)c2ccccc2)CCS1(=O)=O)NO. The van der Waals surface area contributed by atoms with Gasteiger partial charge in [0.05, 0.1) is 12.2 Å². The van der Waals surface area contributed by atoms with E-state index in [9.17, 15) is 28.3 Å². The zero-order valence-electron chi connectivity index (χ0n) is 20.3. The van der Waals surface area contributed by atoms with Crippen molar-refractivity contribution in [1.29, 1.82) is 0 Å². The molecule has 2 amide bonds. The molecule has 3 aromatic rings. The van der Waals surface area contributed by atoms with E-state index in [0.29, 0.717) is 27.6 Å². The van der Waals surface area contributed by atoms with E-state index in [1.54, 1.807) is 78.9 Å². The van der Waals surface area contributed by atoms with Crippen molar-refractivity contribution in [3.8, 4) is 11.5 Å². The molecule has 3 N–H and O–H groups in total. The summed E-state index contributed by atoms with van der Waals surface area (Å²) in [6.45, 7) is -0.172. The predicted molar refractivity (Wildman–Crippen MR) is 141 cm³/mol. The Morgan fingerprint density at radius 2 is 1.58 bits per heavy atom. The summed E-state index contributed by atoms with van der Waals surface area (Å²) < 4.78 is 31.5. The average Bonchev–Trinajstić information content (AvgIpc) is 3.06. The number of carbonyl (C=O) groups is 2. The molecule has 1 aliphatic rings. The molecule has 0 spiro atoms. The number of hydroxylamine groups is 1. The van der Waals surface area contributed by atoms with Gasteiger partial charge in [-0.05, 0) is 53.9 Å². The highest BCUT2D eigenvalue weighted by atomic mass is 35.5. The molecular formula is C27H27ClN2O7S. The maximum absolute atomic E-state index is 13.7. The lowest BCUT2D eigenvalue weighted by molar-refractivity contribution is -0.140. The maximum Gasteiger partial charge on any atom is 0.256 e. The van der Waals surface area contributed by atoms with Crippen molar-refractivity contribution in [2.45, 2.75) is 23.7 Å². The van der Waals surface area contributed by atoms with Gasteiger partial charge in [0.25, 0.3) is 5.91 Å². The summed E-state index contributed by atoms with van der Waals surface area (Å²) in [5.74, 6) is -0.960. The highest BCUT2D eigenvalue weighted by Gasteiger charge is 2.49. The van der Waals surface area contributed by atoms with Crippen molar-refractivity contribution in [2.75, 3.05) is 18.8 Å². The molecule has 0 aromatic heterocycles. The second-order valence-electron chi connectivity index (χ2n) is 8.99. The fourth-order valence-corrected chi connectivity index (χ4v) is 6.79. The van der Waals surface area contributed by atoms with Gasteiger partial charge in [0.15, 0.2) is 15.9 Å². The minimum atomic E-state index is -4.02. The molecule has 1 aliphatic heterocycles. The fraction of sp³-hybridized carbons (Fsp3) is 0.259. The van der Waals surface area contributed by atoms with Crippen LogP contribution >= 0.6 is 11.6 Å². The topological polar surface area (TPSA) is 133 Å². The summed E-state index contributed by atoms with van der Waals surface area (Å²) in [7, 11) is -4.02. The molecule has 0 aliphatic carbocycles. The second-order valence-corrected chi connectivity index (χ2v) is 11.8. The normalized spacial score (nSPS) is 19.7. The summed E-state index contributed by atoms with van der Waals surface area (Å²) in [5.41, 5.74) is 2.24. The van der Waals surface area contributed by atoms with Gasteiger partial charge >= 0.3 is 0 Å². The zero-order valence-corrected chi connectivity index (χ0v) is 21.9. The minimum Gasteiger partial charge on any atom is -0.457 e. The molecule has 1 fully saturated rings. The van der Waals surface area contributed by atoms with Gasteiger partial charge in [-0.3, -0.25) is 14.8 Å². The number of halogens is 1. The summed E-state index contributed by atoms with van der Waals surface area (Å²) in [6.07, 6.45) is -2.11. The van der Waals surface area contributed by atoms with Crippen LogP contribution in [0, 0.1) is 0 Å². The molecule has 0 saturated carbocycles. The first-order valence-corrected chi connectivity index (χ1v) is 13.9. The molecule has 11 heteroatoms. The number of carbonyl (C=O) groups excluding carboxylic acids is 2. The number of amides is 2. The Morgan fingerprint density at radius 3 is 2.18 bits per heavy atom. The van der Waals surface area contributed by atoms with E-state index >= 15 is 0 Å². The van der Waals surface area contributed by atoms with Crippen LogP contribution in [0.4, 0.5) is 0 Å². The molecule has 4 rings (SSSR count). The Kier molecular flexibility index (Phi) is 8.37. The number of rotatable bonds is 7. The van der Waals surface area contributed by atoms with Crippen molar-refractivity contribution in [3.63, 3.8) is 0 Å². The van der Waals surface area contributed by atoms with Crippen molar-refractivity contribution in [2.24, 2.45) is 0 Å². The monoisotopic (exact) mass is 558 g/mol. The van der Waals surface area contributed by atoms with Gasteiger partial charge in [-0.2, -0.15) is 0 Å². The largest absolute Gasteiger partial charge is 0.457 e. The molecule has 0 radical (unpaired) electrons. The number of ether oxygens (including phenoxy) is 1. The Morgan fingerprint density at radius 1 is 0.974 bits per heavy atom. The molecule has 1 unspecified atom stereocenters. The van der Waals surface area contributed by atoms with Crippen LogP contribution in [0.3, 0.4) is 0 Å². The van der Waals surface area contributed by atoms with Gasteiger partial charge in [0.2, 0.25) is 5.91 Å². The number of sulfone groups is 1. The third-order valence-electron chi connectivity index (χ3n) is 6.67. The Labute approximate surface area is 225 Å². The molecular weight excluding hydrogens is 532 g/mol. The first-order valence-electron chi connectivity index (χ1n) is 11.9. The zero-order chi connectivity index (χ0) is 27.3. The number of nitrogens with zero attached hydrogens (tertiary/aromatic N) is 1. The average molecular weight is 559 g/mol. The van der Waals surface area contributed by atoms with E-state index in [-0.39, 0.29) is 19.5 Å². The van der Waals surface area contributed by atoms with Crippen molar-refractivity contribution in [3.05, 3.63) is 95.0 Å². The molecule has 2 atom stereocenters. The standard InChI is InChI=1S/C27H27ClN2O7S/c28-21-8-12-23(13-9-21)37-22-10-6-20(7-11-22)27(18-24(31)29-34)14-15-30(16-17-38(27,35)36)26(33)25(32)19-4-2-1-3-5-19/h1-13,25,32,34H,14-18H2,(H,29,31)/t25-,27?/m0/s1. The van der Waals surface area contributed by atoms with Crippen LogP contribution in [0.1, 0.15) is 30.1 Å².